The van der Waals surface area contributed by atoms with Crippen molar-refractivity contribution in [3.63, 3.8) is 0 Å². The molecule has 0 unspecified atom stereocenters. The Morgan fingerprint density at radius 1 is 1.54 bits per heavy atom. The molecule has 2 N–H and O–H groups in total. The standard InChI is InChI=1S/C9H18N2O2/c1-2-11-5-3-8(4-6-11)10-7-9(12)13/h8,10H,2-7H2,1H3,(H,12,13). The Kier molecular flexibility index (Phi) is 4.18. The molecule has 4 nitrogen and oxygen atoms in total. The van der Waals surface area contributed by atoms with E-state index in [1.807, 2.05) is 0 Å². The highest BCUT2D eigenvalue weighted by atomic mass is 16.4. The van der Waals surface area contributed by atoms with E-state index in [9.17, 15) is 4.79 Å². The zero-order valence-corrected chi connectivity index (χ0v) is 8.12. The predicted molar refractivity (Wildman–Crippen MR) is 50.8 cm³/mol. The molecule has 76 valence electrons. The zero-order valence-electron chi connectivity index (χ0n) is 8.12. The highest BCUT2D eigenvalue weighted by Crippen LogP contribution is 2.08. The molecule has 0 atom stereocenters. The van der Waals surface area contributed by atoms with Crippen LogP contribution in [0.4, 0.5) is 0 Å². The van der Waals surface area contributed by atoms with Crippen LogP contribution in [0.3, 0.4) is 0 Å². The van der Waals surface area contributed by atoms with Crippen molar-refractivity contribution < 1.29 is 9.90 Å². The first-order valence-electron chi connectivity index (χ1n) is 4.90. The van der Waals surface area contributed by atoms with Crippen LogP contribution in [0.5, 0.6) is 0 Å². The van der Waals surface area contributed by atoms with Crippen molar-refractivity contribution in [2.24, 2.45) is 0 Å². The van der Waals surface area contributed by atoms with Crippen molar-refractivity contribution in [3.8, 4) is 0 Å². The molecular weight excluding hydrogens is 168 g/mol. The SMILES string of the molecule is CCN1CCC(NCC(=O)O)CC1. The monoisotopic (exact) mass is 186 g/mol. The van der Waals surface area contributed by atoms with Gasteiger partial charge in [-0.15, -0.1) is 0 Å². The number of nitrogens with zero attached hydrogens (tertiary/aromatic N) is 1. The van der Waals surface area contributed by atoms with Gasteiger partial charge in [-0.2, -0.15) is 0 Å². The second-order valence-electron chi connectivity index (χ2n) is 3.48. The Morgan fingerprint density at radius 3 is 2.62 bits per heavy atom. The number of nitrogens with one attached hydrogen (secondary N) is 1. The fourth-order valence-corrected chi connectivity index (χ4v) is 1.68. The van der Waals surface area contributed by atoms with Gasteiger partial charge in [-0.3, -0.25) is 4.79 Å². The van der Waals surface area contributed by atoms with Gasteiger partial charge in [-0.25, -0.2) is 0 Å². The third kappa shape index (κ3) is 3.74. The van der Waals surface area contributed by atoms with E-state index < -0.39 is 5.97 Å². The fraction of sp³-hybridized carbons (Fsp3) is 0.889. The molecule has 13 heavy (non-hydrogen) atoms. The second-order valence-corrected chi connectivity index (χ2v) is 3.48. The van der Waals surface area contributed by atoms with Gasteiger partial charge >= 0.3 is 5.97 Å². The summed E-state index contributed by atoms with van der Waals surface area (Å²) in [7, 11) is 0. The molecule has 0 aromatic carbocycles. The smallest absolute Gasteiger partial charge is 0.317 e. The van der Waals surface area contributed by atoms with Gasteiger partial charge in [0.2, 0.25) is 0 Å². The number of carbonyl (C=O) groups is 1. The topological polar surface area (TPSA) is 52.6 Å². The number of aliphatic carboxylic acids is 1. The molecule has 1 saturated heterocycles. The Hall–Kier alpha value is -0.610. The van der Waals surface area contributed by atoms with Crippen LogP contribution in [0.2, 0.25) is 0 Å². The number of likely N-dealkylation sites (tertiary alicyclic amines) is 1. The van der Waals surface area contributed by atoms with Crippen molar-refractivity contribution in [2.45, 2.75) is 25.8 Å². The molecule has 0 bridgehead atoms. The van der Waals surface area contributed by atoms with Crippen LogP contribution >= 0.6 is 0 Å². The first kappa shape index (κ1) is 10.5. The Bertz CT molecular complexity index is 165. The Morgan fingerprint density at radius 2 is 2.15 bits per heavy atom. The van der Waals surface area contributed by atoms with Crippen LogP contribution in [-0.2, 0) is 4.79 Å². The normalized spacial score (nSPS) is 20.4. The summed E-state index contributed by atoms with van der Waals surface area (Å²) < 4.78 is 0. The van der Waals surface area contributed by atoms with E-state index in [1.54, 1.807) is 0 Å². The summed E-state index contributed by atoms with van der Waals surface area (Å²) in [6.45, 7) is 5.54. The average Bonchev–Trinajstić information content (AvgIpc) is 2.15. The van der Waals surface area contributed by atoms with Gasteiger partial charge < -0.3 is 15.3 Å². The van der Waals surface area contributed by atoms with Crippen molar-refractivity contribution in [2.75, 3.05) is 26.2 Å². The van der Waals surface area contributed by atoms with E-state index >= 15 is 0 Å². The molecular formula is C9H18N2O2. The van der Waals surface area contributed by atoms with Crippen molar-refractivity contribution in [3.05, 3.63) is 0 Å². The van der Waals surface area contributed by atoms with Crippen molar-refractivity contribution >= 4 is 5.97 Å². The second kappa shape index (κ2) is 5.19. The van der Waals surface area contributed by atoms with E-state index in [0.29, 0.717) is 6.04 Å². The van der Waals surface area contributed by atoms with Crippen molar-refractivity contribution in [1.29, 1.82) is 0 Å². The summed E-state index contributed by atoms with van der Waals surface area (Å²) in [4.78, 5) is 12.7. The summed E-state index contributed by atoms with van der Waals surface area (Å²) in [5.41, 5.74) is 0. The van der Waals surface area contributed by atoms with Crippen LogP contribution in [-0.4, -0.2) is 48.2 Å². The van der Waals surface area contributed by atoms with Crippen LogP contribution in [0.1, 0.15) is 19.8 Å². The number of hydrogen-bond donors (Lipinski definition) is 2. The molecule has 1 aliphatic rings. The largest absolute Gasteiger partial charge is 0.480 e. The quantitative estimate of drug-likeness (QED) is 0.656. The van der Waals surface area contributed by atoms with E-state index in [1.165, 1.54) is 0 Å². The summed E-state index contributed by atoms with van der Waals surface area (Å²) >= 11 is 0. The summed E-state index contributed by atoms with van der Waals surface area (Å²) in [6.07, 6.45) is 2.14. The zero-order chi connectivity index (χ0) is 9.68. The molecule has 0 amide bonds. The first-order chi connectivity index (χ1) is 6.22. The lowest BCUT2D eigenvalue weighted by Crippen LogP contribution is -2.43. The van der Waals surface area contributed by atoms with Gasteiger partial charge in [0.05, 0.1) is 6.54 Å². The molecule has 1 aliphatic heterocycles. The molecule has 0 spiro atoms. The molecule has 1 heterocycles. The molecule has 0 radical (unpaired) electrons. The minimum absolute atomic E-state index is 0.0940. The van der Waals surface area contributed by atoms with Crippen LogP contribution in [0, 0.1) is 0 Å². The van der Waals surface area contributed by atoms with Crippen LogP contribution in [0.15, 0.2) is 0 Å². The van der Waals surface area contributed by atoms with Gasteiger partial charge in [0.25, 0.3) is 0 Å². The van der Waals surface area contributed by atoms with E-state index in [-0.39, 0.29) is 6.54 Å². The number of rotatable bonds is 4. The molecule has 0 aromatic rings. The van der Waals surface area contributed by atoms with Gasteiger partial charge in [0.15, 0.2) is 0 Å². The van der Waals surface area contributed by atoms with Crippen molar-refractivity contribution in [1.82, 2.24) is 10.2 Å². The molecule has 1 rings (SSSR count). The van der Waals surface area contributed by atoms with Gasteiger partial charge in [-0.05, 0) is 32.5 Å². The molecule has 0 aromatic heterocycles. The number of carboxylic acid groups (broad SMARTS) is 1. The van der Waals surface area contributed by atoms with E-state index in [0.717, 1.165) is 32.5 Å². The lowest BCUT2D eigenvalue weighted by molar-refractivity contribution is -0.136. The maximum absolute atomic E-state index is 10.3. The number of hydrogen-bond acceptors (Lipinski definition) is 3. The summed E-state index contributed by atoms with van der Waals surface area (Å²) in [5.74, 6) is -0.766. The fourth-order valence-electron chi connectivity index (χ4n) is 1.68. The number of piperidine rings is 1. The lowest BCUT2D eigenvalue weighted by Gasteiger charge is -2.31. The number of carboxylic acids is 1. The third-order valence-corrected chi connectivity index (χ3v) is 2.58. The Balaban J connectivity index is 2.14. The highest BCUT2D eigenvalue weighted by molar-refractivity contribution is 5.69. The molecule has 0 saturated carbocycles. The minimum Gasteiger partial charge on any atom is -0.480 e. The van der Waals surface area contributed by atoms with Gasteiger partial charge in [0.1, 0.15) is 0 Å². The molecule has 0 aliphatic carbocycles. The summed E-state index contributed by atoms with van der Waals surface area (Å²) in [5, 5.41) is 11.5. The lowest BCUT2D eigenvalue weighted by atomic mass is 10.1. The predicted octanol–water partition coefficient (Wildman–Crippen LogP) is 0.145. The van der Waals surface area contributed by atoms with E-state index in [4.69, 9.17) is 5.11 Å². The van der Waals surface area contributed by atoms with Gasteiger partial charge in [0, 0.05) is 6.04 Å². The maximum Gasteiger partial charge on any atom is 0.317 e. The average molecular weight is 186 g/mol. The van der Waals surface area contributed by atoms with Crippen LogP contribution < -0.4 is 5.32 Å². The Labute approximate surface area is 78.9 Å². The summed E-state index contributed by atoms with van der Waals surface area (Å²) in [6, 6.07) is 0.402. The minimum atomic E-state index is -0.766. The van der Waals surface area contributed by atoms with Crippen LogP contribution in [0.25, 0.3) is 0 Å². The molecule has 4 heteroatoms. The highest BCUT2D eigenvalue weighted by Gasteiger charge is 2.17. The maximum atomic E-state index is 10.3. The molecule has 1 fully saturated rings. The third-order valence-electron chi connectivity index (χ3n) is 2.58. The van der Waals surface area contributed by atoms with Gasteiger partial charge in [-0.1, -0.05) is 6.92 Å². The van der Waals surface area contributed by atoms with E-state index in [2.05, 4.69) is 17.1 Å². The first-order valence-corrected chi connectivity index (χ1v) is 4.90.